The van der Waals surface area contributed by atoms with Crippen molar-refractivity contribution in [3.63, 3.8) is 0 Å². The van der Waals surface area contributed by atoms with Crippen molar-refractivity contribution < 1.29 is 14.2 Å². The summed E-state index contributed by atoms with van der Waals surface area (Å²) in [5.74, 6) is 1.62. The molecule has 0 saturated heterocycles. The van der Waals surface area contributed by atoms with Gasteiger partial charge in [0, 0.05) is 17.8 Å². The van der Waals surface area contributed by atoms with Crippen molar-refractivity contribution in [1.29, 1.82) is 0 Å². The number of benzene rings is 3. The van der Waals surface area contributed by atoms with Crippen LogP contribution in [0.4, 0.5) is 5.69 Å². The third-order valence-corrected chi connectivity index (χ3v) is 4.56. The Kier molecular flexibility index (Phi) is 4.49. The first-order chi connectivity index (χ1) is 13.6. The smallest absolute Gasteiger partial charge is 0.203 e. The molecule has 142 valence electrons. The highest BCUT2D eigenvalue weighted by atomic mass is 16.5. The van der Waals surface area contributed by atoms with Crippen LogP contribution in [0.2, 0.25) is 0 Å². The Morgan fingerprint density at radius 1 is 0.821 bits per heavy atom. The van der Waals surface area contributed by atoms with Crippen LogP contribution in [-0.4, -0.2) is 36.3 Å². The number of hydrogen-bond acceptors (Lipinski definition) is 6. The van der Waals surface area contributed by atoms with Crippen LogP contribution in [0.15, 0.2) is 54.6 Å². The van der Waals surface area contributed by atoms with E-state index in [9.17, 15) is 0 Å². The van der Waals surface area contributed by atoms with Gasteiger partial charge >= 0.3 is 0 Å². The number of nitrogens with two attached hydrogens (primary N) is 1. The van der Waals surface area contributed by atoms with Gasteiger partial charge in [0.1, 0.15) is 5.52 Å². The number of nitrogen functional groups attached to an aromatic ring is 1. The van der Waals surface area contributed by atoms with Gasteiger partial charge in [-0.1, -0.05) is 23.4 Å². The van der Waals surface area contributed by atoms with Crippen molar-refractivity contribution in [2.75, 3.05) is 27.1 Å². The van der Waals surface area contributed by atoms with E-state index < -0.39 is 0 Å². The van der Waals surface area contributed by atoms with Gasteiger partial charge in [-0.2, -0.15) is 0 Å². The lowest BCUT2D eigenvalue weighted by Gasteiger charge is -2.14. The van der Waals surface area contributed by atoms with Crippen molar-refractivity contribution in [3.8, 4) is 34.1 Å². The molecule has 0 saturated carbocycles. The predicted molar refractivity (Wildman–Crippen MR) is 108 cm³/mol. The molecule has 0 fully saturated rings. The monoisotopic (exact) mass is 376 g/mol. The average molecular weight is 376 g/mol. The van der Waals surface area contributed by atoms with Crippen LogP contribution in [-0.2, 0) is 0 Å². The van der Waals surface area contributed by atoms with Gasteiger partial charge in [0.25, 0.3) is 0 Å². The summed E-state index contributed by atoms with van der Waals surface area (Å²) < 4.78 is 18.1. The zero-order valence-electron chi connectivity index (χ0n) is 15.8. The molecule has 0 aliphatic carbocycles. The quantitative estimate of drug-likeness (QED) is 0.535. The summed E-state index contributed by atoms with van der Waals surface area (Å²) in [6, 6.07) is 17.4. The molecule has 0 amide bonds. The minimum Gasteiger partial charge on any atom is -0.493 e. The fraction of sp³-hybridized carbons (Fsp3) is 0.143. The number of anilines is 1. The maximum atomic E-state index is 5.93. The molecular weight excluding hydrogens is 356 g/mol. The number of fused-ring (bicyclic) bond motifs is 1. The van der Waals surface area contributed by atoms with Crippen LogP contribution in [0.3, 0.4) is 0 Å². The van der Waals surface area contributed by atoms with Crippen molar-refractivity contribution in [2.45, 2.75) is 0 Å². The fourth-order valence-corrected chi connectivity index (χ4v) is 3.20. The maximum absolute atomic E-state index is 5.93. The molecule has 0 atom stereocenters. The van der Waals surface area contributed by atoms with Gasteiger partial charge in [0.15, 0.2) is 11.5 Å². The number of rotatable bonds is 5. The van der Waals surface area contributed by atoms with Gasteiger partial charge in [-0.05, 0) is 35.4 Å². The Hall–Kier alpha value is -3.74. The molecule has 0 radical (unpaired) electrons. The Morgan fingerprint density at radius 3 is 2.18 bits per heavy atom. The van der Waals surface area contributed by atoms with Crippen LogP contribution >= 0.6 is 0 Å². The number of aromatic nitrogens is 3. The lowest BCUT2D eigenvalue weighted by molar-refractivity contribution is 0.324. The van der Waals surface area contributed by atoms with Gasteiger partial charge < -0.3 is 19.9 Å². The highest BCUT2D eigenvalue weighted by Crippen LogP contribution is 2.39. The number of ether oxygens (including phenoxy) is 3. The number of nitrogens with zero attached hydrogens (tertiary/aromatic N) is 3. The van der Waals surface area contributed by atoms with Gasteiger partial charge in [-0.3, -0.25) is 0 Å². The van der Waals surface area contributed by atoms with Gasteiger partial charge in [0.05, 0.1) is 32.5 Å². The Balaban J connectivity index is 1.89. The van der Waals surface area contributed by atoms with Crippen LogP contribution in [0.25, 0.3) is 27.8 Å². The molecular formula is C21H20N4O3. The molecule has 1 aromatic heterocycles. The summed E-state index contributed by atoms with van der Waals surface area (Å²) in [6.07, 6.45) is 0. The van der Waals surface area contributed by atoms with E-state index in [1.165, 1.54) is 0 Å². The molecule has 0 spiro atoms. The Labute approximate surface area is 162 Å². The molecule has 3 aromatic carbocycles. The van der Waals surface area contributed by atoms with E-state index in [0.717, 1.165) is 27.8 Å². The summed E-state index contributed by atoms with van der Waals surface area (Å²) in [7, 11) is 4.74. The second-order valence-electron chi connectivity index (χ2n) is 6.21. The summed E-state index contributed by atoms with van der Waals surface area (Å²) in [5.41, 5.74) is 11.1. The topological polar surface area (TPSA) is 84.4 Å². The molecule has 0 aliphatic heterocycles. The zero-order chi connectivity index (χ0) is 19.7. The number of hydrogen-bond donors (Lipinski definition) is 1. The van der Waals surface area contributed by atoms with E-state index in [1.807, 2.05) is 54.6 Å². The van der Waals surface area contributed by atoms with E-state index in [2.05, 4.69) is 10.3 Å². The fourth-order valence-electron chi connectivity index (χ4n) is 3.20. The minimum absolute atomic E-state index is 0.527. The van der Waals surface area contributed by atoms with Crippen LogP contribution in [0.1, 0.15) is 0 Å². The number of methoxy groups -OCH3 is 3. The second-order valence-corrected chi connectivity index (χ2v) is 6.21. The van der Waals surface area contributed by atoms with Crippen LogP contribution in [0, 0.1) is 0 Å². The van der Waals surface area contributed by atoms with E-state index in [0.29, 0.717) is 22.9 Å². The van der Waals surface area contributed by atoms with E-state index in [1.54, 1.807) is 26.0 Å². The molecule has 4 aromatic rings. The Bertz CT molecular complexity index is 1130. The third kappa shape index (κ3) is 2.96. The highest BCUT2D eigenvalue weighted by Gasteiger charge is 2.16. The second kappa shape index (κ2) is 7.11. The van der Waals surface area contributed by atoms with E-state index in [4.69, 9.17) is 19.9 Å². The lowest BCUT2D eigenvalue weighted by atomic mass is 10.0. The maximum Gasteiger partial charge on any atom is 0.203 e. The van der Waals surface area contributed by atoms with E-state index >= 15 is 0 Å². The molecule has 4 rings (SSSR count). The first-order valence-corrected chi connectivity index (χ1v) is 8.66. The lowest BCUT2D eigenvalue weighted by Crippen LogP contribution is -2.01. The first kappa shape index (κ1) is 17.7. The summed E-state index contributed by atoms with van der Waals surface area (Å²) in [4.78, 5) is 0. The molecule has 28 heavy (non-hydrogen) atoms. The average Bonchev–Trinajstić information content (AvgIpc) is 3.15. The van der Waals surface area contributed by atoms with Gasteiger partial charge in [-0.25, -0.2) is 4.68 Å². The summed E-state index contributed by atoms with van der Waals surface area (Å²) in [6.45, 7) is 0. The third-order valence-electron chi connectivity index (χ3n) is 4.56. The standard InChI is InChI=1S/C21H20N4O3/c1-26-19-11-16(12-20(27-2)21(19)28-3)25-18-10-14(7-8-17(18)23-24-25)13-5-4-6-15(22)9-13/h4-12H,22H2,1-3H3. The molecule has 7 nitrogen and oxygen atoms in total. The zero-order valence-corrected chi connectivity index (χ0v) is 15.8. The van der Waals surface area contributed by atoms with Gasteiger partial charge in [0.2, 0.25) is 5.75 Å². The van der Waals surface area contributed by atoms with Crippen molar-refractivity contribution in [2.24, 2.45) is 0 Å². The molecule has 0 aliphatic rings. The highest BCUT2D eigenvalue weighted by molar-refractivity contribution is 5.83. The van der Waals surface area contributed by atoms with Crippen LogP contribution in [0.5, 0.6) is 17.2 Å². The molecule has 2 N–H and O–H groups in total. The van der Waals surface area contributed by atoms with Crippen LogP contribution < -0.4 is 19.9 Å². The predicted octanol–water partition coefficient (Wildman–Crippen LogP) is 3.70. The largest absolute Gasteiger partial charge is 0.493 e. The normalized spacial score (nSPS) is 10.8. The molecule has 0 bridgehead atoms. The molecule has 1 heterocycles. The van der Waals surface area contributed by atoms with E-state index in [-0.39, 0.29) is 0 Å². The SMILES string of the molecule is COc1cc(-n2nnc3ccc(-c4cccc(N)c4)cc32)cc(OC)c1OC. The van der Waals surface area contributed by atoms with Gasteiger partial charge in [-0.15, -0.1) is 5.10 Å². The molecule has 0 unspecified atom stereocenters. The van der Waals surface area contributed by atoms with Crippen molar-refractivity contribution in [3.05, 3.63) is 54.6 Å². The summed E-state index contributed by atoms with van der Waals surface area (Å²) in [5, 5.41) is 8.59. The molecule has 7 heteroatoms. The Morgan fingerprint density at radius 2 is 1.54 bits per heavy atom. The minimum atomic E-state index is 0.527. The summed E-state index contributed by atoms with van der Waals surface area (Å²) >= 11 is 0. The van der Waals surface area contributed by atoms with Crippen molar-refractivity contribution >= 4 is 16.7 Å². The van der Waals surface area contributed by atoms with Crippen molar-refractivity contribution in [1.82, 2.24) is 15.0 Å². The first-order valence-electron chi connectivity index (χ1n) is 8.66.